The molecule has 36 heavy (non-hydrogen) atoms. The molecule has 6 heteroatoms. The Morgan fingerprint density at radius 1 is 0.944 bits per heavy atom. The van der Waals surface area contributed by atoms with E-state index in [2.05, 4.69) is 22.8 Å². The van der Waals surface area contributed by atoms with Gasteiger partial charge in [0.25, 0.3) is 0 Å². The van der Waals surface area contributed by atoms with E-state index < -0.39 is 0 Å². The molecule has 1 aromatic heterocycles. The zero-order valence-corrected chi connectivity index (χ0v) is 22.0. The summed E-state index contributed by atoms with van der Waals surface area (Å²) in [5, 5.41) is 0. The Morgan fingerprint density at radius 3 is 2.22 bits per heavy atom. The molecule has 0 N–H and O–H groups in total. The Labute approximate surface area is 215 Å². The fourth-order valence-electron chi connectivity index (χ4n) is 4.44. The number of carbonyl (C=O) groups is 2. The van der Waals surface area contributed by atoms with Gasteiger partial charge in [-0.2, -0.15) is 0 Å². The van der Waals surface area contributed by atoms with Crippen molar-refractivity contribution >= 4 is 11.8 Å². The maximum absolute atomic E-state index is 13.6. The Bertz CT molecular complexity index is 1080. The fraction of sp³-hybridized carbons (Fsp3) is 0.400. The molecule has 0 aliphatic rings. The van der Waals surface area contributed by atoms with E-state index >= 15 is 0 Å². The summed E-state index contributed by atoms with van der Waals surface area (Å²) in [4.78, 5) is 30.7. The molecule has 1 unspecified atom stereocenters. The number of aromatic nitrogens is 1. The molecule has 0 saturated carbocycles. The van der Waals surface area contributed by atoms with Gasteiger partial charge in [-0.25, -0.2) is 0 Å². The van der Waals surface area contributed by atoms with Crippen LogP contribution in [0.15, 0.2) is 79.0 Å². The van der Waals surface area contributed by atoms with E-state index in [1.165, 1.54) is 5.56 Å². The fourth-order valence-corrected chi connectivity index (χ4v) is 4.44. The van der Waals surface area contributed by atoms with Crippen LogP contribution in [-0.2, 0) is 27.4 Å². The number of hydrogen-bond donors (Lipinski definition) is 0. The molecular formula is C30H39N3O3. The second kappa shape index (κ2) is 13.6. The lowest BCUT2D eigenvalue weighted by atomic mass is 9.95. The van der Waals surface area contributed by atoms with Crippen LogP contribution in [0.5, 0.6) is 0 Å². The van der Waals surface area contributed by atoms with Gasteiger partial charge >= 0.3 is 0 Å². The van der Waals surface area contributed by atoms with Crippen LogP contribution in [0.2, 0.25) is 0 Å². The number of carbonyl (C=O) groups excluding carboxylic acids is 2. The van der Waals surface area contributed by atoms with Gasteiger partial charge in [0.1, 0.15) is 0 Å². The summed E-state index contributed by atoms with van der Waals surface area (Å²) >= 11 is 0. The minimum absolute atomic E-state index is 0.00644. The summed E-state index contributed by atoms with van der Waals surface area (Å²) in [7, 11) is 1.61. The highest BCUT2D eigenvalue weighted by Gasteiger charge is 2.28. The average Bonchev–Trinajstić information content (AvgIpc) is 3.32. The molecule has 0 aliphatic heterocycles. The Kier molecular flexibility index (Phi) is 10.3. The Morgan fingerprint density at radius 2 is 1.61 bits per heavy atom. The van der Waals surface area contributed by atoms with Crippen LogP contribution < -0.4 is 0 Å². The smallest absolute Gasteiger partial charge is 0.242 e. The van der Waals surface area contributed by atoms with Crippen molar-refractivity contribution in [2.75, 3.05) is 26.8 Å². The van der Waals surface area contributed by atoms with E-state index in [0.717, 1.165) is 17.8 Å². The number of methoxy groups -OCH3 is 1. The first-order chi connectivity index (χ1) is 17.4. The van der Waals surface area contributed by atoms with Crippen molar-refractivity contribution in [3.8, 4) is 0 Å². The lowest BCUT2D eigenvalue weighted by molar-refractivity contribution is -0.143. The van der Waals surface area contributed by atoms with Crippen LogP contribution in [0.4, 0.5) is 0 Å². The van der Waals surface area contributed by atoms with Crippen molar-refractivity contribution < 1.29 is 14.3 Å². The minimum atomic E-state index is -0.286. The number of hydrogen-bond acceptors (Lipinski definition) is 3. The quantitative estimate of drug-likeness (QED) is 0.342. The predicted molar refractivity (Wildman–Crippen MR) is 144 cm³/mol. The van der Waals surface area contributed by atoms with Crippen LogP contribution in [0, 0.1) is 0 Å². The van der Waals surface area contributed by atoms with Crippen LogP contribution in [0.1, 0.15) is 49.9 Å². The maximum atomic E-state index is 13.6. The van der Waals surface area contributed by atoms with Gasteiger partial charge < -0.3 is 19.1 Å². The number of amides is 2. The summed E-state index contributed by atoms with van der Waals surface area (Å²) < 4.78 is 7.44. The van der Waals surface area contributed by atoms with Gasteiger partial charge in [-0.3, -0.25) is 9.59 Å². The second-order valence-corrected chi connectivity index (χ2v) is 9.35. The van der Waals surface area contributed by atoms with E-state index in [0.29, 0.717) is 26.1 Å². The number of rotatable bonds is 13. The van der Waals surface area contributed by atoms with Crippen molar-refractivity contribution in [1.82, 2.24) is 14.4 Å². The van der Waals surface area contributed by atoms with Crippen molar-refractivity contribution in [2.45, 2.75) is 52.2 Å². The molecule has 192 valence electrons. The summed E-state index contributed by atoms with van der Waals surface area (Å²) in [5.41, 5.74) is 3.24. The molecule has 0 aliphatic carbocycles. The maximum Gasteiger partial charge on any atom is 0.242 e. The molecule has 0 saturated heterocycles. The van der Waals surface area contributed by atoms with Crippen LogP contribution >= 0.6 is 0 Å². The third-order valence-corrected chi connectivity index (χ3v) is 6.51. The first kappa shape index (κ1) is 27.2. The monoisotopic (exact) mass is 489 g/mol. The van der Waals surface area contributed by atoms with Gasteiger partial charge in [0.15, 0.2) is 0 Å². The molecule has 0 fully saturated rings. The average molecular weight is 490 g/mol. The number of ether oxygens (including phenoxy) is 1. The van der Waals surface area contributed by atoms with E-state index in [1.54, 1.807) is 12.0 Å². The highest BCUT2D eigenvalue weighted by molar-refractivity contribution is 5.88. The topological polar surface area (TPSA) is 54.8 Å². The highest BCUT2D eigenvalue weighted by atomic mass is 16.5. The normalized spacial score (nSPS) is 11.9. The Hall–Kier alpha value is -3.38. The van der Waals surface area contributed by atoms with Gasteiger partial charge in [-0.15, -0.1) is 0 Å². The first-order valence-electron chi connectivity index (χ1n) is 12.7. The van der Waals surface area contributed by atoms with E-state index in [-0.39, 0.29) is 30.3 Å². The molecule has 2 amide bonds. The second-order valence-electron chi connectivity index (χ2n) is 9.35. The minimum Gasteiger partial charge on any atom is -0.383 e. The Balaban J connectivity index is 1.76. The molecule has 3 rings (SSSR count). The van der Waals surface area contributed by atoms with Crippen molar-refractivity contribution in [3.63, 3.8) is 0 Å². The summed E-state index contributed by atoms with van der Waals surface area (Å²) in [6.07, 6.45) is 2.72. The van der Waals surface area contributed by atoms with Crippen LogP contribution in [-0.4, -0.2) is 59.0 Å². The third kappa shape index (κ3) is 7.31. The predicted octanol–water partition coefficient (Wildman–Crippen LogP) is 4.94. The van der Waals surface area contributed by atoms with Crippen molar-refractivity contribution in [3.05, 3.63) is 95.8 Å². The largest absolute Gasteiger partial charge is 0.383 e. The van der Waals surface area contributed by atoms with E-state index in [4.69, 9.17) is 4.74 Å². The van der Waals surface area contributed by atoms with Crippen LogP contribution in [0.3, 0.4) is 0 Å². The zero-order valence-electron chi connectivity index (χ0n) is 22.0. The SMILES string of the molecule is CCC(C(=O)N(CCOC)CC(=O)N(Cc1cccn1Cc1ccccc1)C(C)C)c1ccccc1. The molecule has 1 heterocycles. The summed E-state index contributed by atoms with van der Waals surface area (Å²) in [6.45, 7) is 8.06. The molecule has 3 aromatic rings. The summed E-state index contributed by atoms with van der Waals surface area (Å²) in [5.74, 6) is -0.387. The zero-order chi connectivity index (χ0) is 25.9. The number of nitrogens with zero attached hydrogens (tertiary/aromatic N) is 3. The van der Waals surface area contributed by atoms with Gasteiger partial charge in [0.2, 0.25) is 11.8 Å². The van der Waals surface area contributed by atoms with Crippen LogP contribution in [0.25, 0.3) is 0 Å². The van der Waals surface area contributed by atoms with Crippen molar-refractivity contribution in [1.29, 1.82) is 0 Å². The first-order valence-corrected chi connectivity index (χ1v) is 12.7. The van der Waals surface area contributed by atoms with E-state index in [9.17, 15) is 9.59 Å². The summed E-state index contributed by atoms with van der Waals surface area (Å²) in [6, 6.07) is 24.1. The lowest BCUT2D eigenvalue weighted by Gasteiger charge is -2.32. The van der Waals surface area contributed by atoms with Crippen molar-refractivity contribution in [2.24, 2.45) is 0 Å². The molecule has 0 radical (unpaired) electrons. The molecule has 6 nitrogen and oxygen atoms in total. The molecule has 0 bridgehead atoms. The lowest BCUT2D eigenvalue weighted by Crippen LogP contribution is -2.47. The van der Waals surface area contributed by atoms with Gasteiger partial charge in [0, 0.05) is 38.1 Å². The van der Waals surface area contributed by atoms with Gasteiger partial charge in [-0.1, -0.05) is 67.6 Å². The molecule has 0 spiro atoms. The van der Waals surface area contributed by atoms with Gasteiger partial charge in [-0.05, 0) is 43.5 Å². The molecule has 2 aromatic carbocycles. The molecular weight excluding hydrogens is 450 g/mol. The molecule has 1 atom stereocenters. The third-order valence-electron chi connectivity index (χ3n) is 6.51. The van der Waals surface area contributed by atoms with Gasteiger partial charge in [0.05, 0.1) is 25.6 Å². The highest BCUT2D eigenvalue weighted by Crippen LogP contribution is 2.22. The number of benzene rings is 2. The standard InChI is InChI=1S/C30H39N3O3/c1-5-28(26-15-10-7-11-16-26)30(35)32(19-20-36-4)23-29(34)33(24(2)3)22-27-17-12-18-31(27)21-25-13-8-6-9-14-25/h6-18,24,28H,5,19-23H2,1-4H3. The van der Waals surface area contributed by atoms with E-state index in [1.807, 2.05) is 86.5 Å².